The smallest absolute Gasteiger partial charge is 0.240 e. The molecule has 0 radical (unpaired) electrons. The van der Waals surface area contributed by atoms with Crippen molar-refractivity contribution in [2.45, 2.75) is 31.7 Å². The molecule has 16 heavy (non-hydrogen) atoms. The molecule has 0 bridgehead atoms. The Labute approximate surface area is 104 Å². The van der Waals surface area contributed by atoms with Crippen molar-refractivity contribution in [2.24, 2.45) is 0 Å². The fraction of sp³-hybridized carbons (Fsp3) is 0.700. The summed E-state index contributed by atoms with van der Waals surface area (Å²) in [7, 11) is 0. The highest BCUT2D eigenvalue weighted by atomic mass is 32.2. The van der Waals surface area contributed by atoms with Crippen LogP contribution >= 0.6 is 24.0 Å². The van der Waals surface area contributed by atoms with E-state index in [9.17, 15) is 9.59 Å². The minimum atomic E-state index is -0.0925. The monoisotopic (exact) mass is 258 g/mol. The first-order chi connectivity index (χ1) is 7.66. The van der Waals surface area contributed by atoms with Gasteiger partial charge >= 0.3 is 0 Å². The van der Waals surface area contributed by atoms with Crippen molar-refractivity contribution >= 4 is 40.1 Å². The van der Waals surface area contributed by atoms with E-state index in [4.69, 9.17) is 12.2 Å². The fourth-order valence-corrected chi connectivity index (χ4v) is 3.09. The first-order valence-corrected chi connectivity index (χ1v) is 6.82. The second-order valence-electron chi connectivity index (χ2n) is 4.08. The SMILES string of the molecule is O=C(CN1C(=O)CSC1=S)NC1CCCC1. The molecule has 0 unspecified atom stereocenters. The van der Waals surface area contributed by atoms with E-state index < -0.39 is 0 Å². The molecule has 2 amide bonds. The number of thiocarbonyl (C=S) groups is 1. The molecule has 0 aromatic rings. The Hall–Kier alpha value is -0.620. The zero-order valence-electron chi connectivity index (χ0n) is 8.90. The van der Waals surface area contributed by atoms with E-state index in [1.807, 2.05) is 0 Å². The molecular formula is C10H14N2O2S2. The Kier molecular flexibility index (Phi) is 3.81. The third-order valence-corrected chi connectivity index (χ3v) is 4.30. The molecule has 1 aliphatic carbocycles. The Morgan fingerprint density at radius 3 is 2.75 bits per heavy atom. The standard InChI is InChI=1S/C10H14N2O2S2/c13-8(11-7-3-1-2-4-7)5-12-9(14)6-16-10(12)15/h7H,1-6H2,(H,11,13). The zero-order chi connectivity index (χ0) is 11.5. The summed E-state index contributed by atoms with van der Waals surface area (Å²) in [4.78, 5) is 24.5. The van der Waals surface area contributed by atoms with Crippen LogP contribution in [0.3, 0.4) is 0 Å². The third-order valence-electron chi connectivity index (χ3n) is 2.86. The summed E-state index contributed by atoms with van der Waals surface area (Å²) in [6.07, 6.45) is 4.47. The highest BCUT2D eigenvalue weighted by Crippen LogP contribution is 2.20. The molecule has 0 atom stereocenters. The largest absolute Gasteiger partial charge is 0.352 e. The van der Waals surface area contributed by atoms with Crippen molar-refractivity contribution in [1.82, 2.24) is 10.2 Å². The van der Waals surface area contributed by atoms with E-state index >= 15 is 0 Å². The minimum absolute atomic E-state index is 0.0587. The molecule has 0 spiro atoms. The van der Waals surface area contributed by atoms with E-state index in [0.717, 1.165) is 12.8 Å². The summed E-state index contributed by atoms with van der Waals surface area (Å²) in [6, 6.07) is 0.298. The predicted octanol–water partition coefficient (Wildman–Crippen LogP) is 0.905. The molecule has 2 fully saturated rings. The van der Waals surface area contributed by atoms with Crippen LogP contribution in [0.5, 0.6) is 0 Å². The van der Waals surface area contributed by atoms with Crippen molar-refractivity contribution in [1.29, 1.82) is 0 Å². The van der Waals surface area contributed by atoms with Crippen LogP contribution < -0.4 is 5.32 Å². The number of nitrogens with zero attached hydrogens (tertiary/aromatic N) is 1. The topological polar surface area (TPSA) is 49.4 Å². The van der Waals surface area contributed by atoms with Crippen molar-refractivity contribution in [3.8, 4) is 0 Å². The number of hydrogen-bond acceptors (Lipinski definition) is 4. The molecule has 0 aromatic heterocycles. The van der Waals surface area contributed by atoms with Crippen LogP contribution in [0.1, 0.15) is 25.7 Å². The van der Waals surface area contributed by atoms with Crippen LogP contribution in [0.2, 0.25) is 0 Å². The van der Waals surface area contributed by atoms with Gasteiger partial charge in [0, 0.05) is 6.04 Å². The van der Waals surface area contributed by atoms with Gasteiger partial charge < -0.3 is 5.32 Å². The quantitative estimate of drug-likeness (QED) is 0.764. The number of thioether (sulfide) groups is 1. The van der Waals surface area contributed by atoms with Gasteiger partial charge in [-0.15, -0.1) is 0 Å². The Bertz CT molecular complexity index is 311. The molecule has 1 saturated carbocycles. The van der Waals surface area contributed by atoms with E-state index in [0.29, 0.717) is 16.1 Å². The van der Waals surface area contributed by atoms with Crippen molar-refractivity contribution in [3.05, 3.63) is 0 Å². The molecule has 2 rings (SSSR count). The summed E-state index contributed by atoms with van der Waals surface area (Å²) in [5.41, 5.74) is 0. The maximum Gasteiger partial charge on any atom is 0.240 e. The maximum absolute atomic E-state index is 11.7. The highest BCUT2D eigenvalue weighted by Gasteiger charge is 2.29. The minimum Gasteiger partial charge on any atom is -0.352 e. The summed E-state index contributed by atoms with van der Waals surface area (Å²) in [5, 5.41) is 2.95. The summed E-state index contributed by atoms with van der Waals surface area (Å²) in [5.74, 6) is 0.219. The molecule has 88 valence electrons. The van der Waals surface area contributed by atoms with Crippen molar-refractivity contribution in [2.75, 3.05) is 12.3 Å². The van der Waals surface area contributed by atoms with Gasteiger partial charge in [-0.3, -0.25) is 14.5 Å². The summed E-state index contributed by atoms with van der Waals surface area (Å²) in [6.45, 7) is 0.0845. The van der Waals surface area contributed by atoms with Gasteiger partial charge in [0.2, 0.25) is 11.8 Å². The van der Waals surface area contributed by atoms with Gasteiger partial charge in [0.15, 0.2) is 0 Å². The van der Waals surface area contributed by atoms with E-state index in [-0.39, 0.29) is 18.4 Å². The van der Waals surface area contributed by atoms with Gasteiger partial charge in [0.1, 0.15) is 10.9 Å². The van der Waals surface area contributed by atoms with Gasteiger partial charge in [0.25, 0.3) is 0 Å². The fourth-order valence-electron chi connectivity index (χ4n) is 2.02. The normalized spacial score (nSPS) is 21.9. The highest BCUT2D eigenvalue weighted by molar-refractivity contribution is 8.23. The van der Waals surface area contributed by atoms with E-state index in [1.165, 1.54) is 29.5 Å². The molecule has 1 saturated heterocycles. The molecule has 1 heterocycles. The Morgan fingerprint density at radius 2 is 2.19 bits per heavy atom. The second-order valence-corrected chi connectivity index (χ2v) is 5.69. The van der Waals surface area contributed by atoms with Crippen molar-refractivity contribution in [3.63, 3.8) is 0 Å². The predicted molar refractivity (Wildman–Crippen MR) is 67.2 cm³/mol. The number of rotatable bonds is 3. The summed E-state index contributed by atoms with van der Waals surface area (Å²) < 4.78 is 0.520. The van der Waals surface area contributed by atoms with Gasteiger partial charge in [0.05, 0.1) is 5.75 Å². The molecular weight excluding hydrogens is 244 g/mol. The average Bonchev–Trinajstić information content (AvgIpc) is 2.83. The lowest BCUT2D eigenvalue weighted by Crippen LogP contribution is -2.42. The van der Waals surface area contributed by atoms with Crippen LogP contribution in [0.15, 0.2) is 0 Å². The number of nitrogens with one attached hydrogen (secondary N) is 1. The first-order valence-electron chi connectivity index (χ1n) is 5.43. The van der Waals surface area contributed by atoms with E-state index in [1.54, 1.807) is 0 Å². The third kappa shape index (κ3) is 2.74. The number of carbonyl (C=O) groups is 2. The van der Waals surface area contributed by atoms with Gasteiger partial charge in [-0.1, -0.05) is 36.8 Å². The lowest BCUT2D eigenvalue weighted by molar-refractivity contribution is -0.130. The van der Waals surface area contributed by atoms with Crippen molar-refractivity contribution < 1.29 is 9.59 Å². The lowest BCUT2D eigenvalue weighted by Gasteiger charge is -2.17. The van der Waals surface area contributed by atoms with E-state index in [2.05, 4.69) is 5.32 Å². The Balaban J connectivity index is 1.82. The number of carbonyl (C=O) groups excluding carboxylic acids is 2. The second kappa shape index (κ2) is 5.14. The van der Waals surface area contributed by atoms with Crippen LogP contribution in [-0.2, 0) is 9.59 Å². The average molecular weight is 258 g/mol. The number of amides is 2. The van der Waals surface area contributed by atoms with Crippen LogP contribution in [0.25, 0.3) is 0 Å². The first kappa shape index (κ1) is 11.9. The Morgan fingerprint density at radius 1 is 1.50 bits per heavy atom. The molecule has 6 heteroatoms. The molecule has 4 nitrogen and oxygen atoms in total. The van der Waals surface area contributed by atoms with Crippen LogP contribution in [-0.4, -0.2) is 39.4 Å². The van der Waals surface area contributed by atoms with Crippen LogP contribution in [0.4, 0.5) is 0 Å². The zero-order valence-corrected chi connectivity index (χ0v) is 10.5. The molecule has 2 aliphatic rings. The maximum atomic E-state index is 11.7. The number of hydrogen-bond donors (Lipinski definition) is 1. The lowest BCUT2D eigenvalue weighted by atomic mass is 10.2. The molecule has 0 aromatic carbocycles. The molecule has 1 N–H and O–H groups in total. The van der Waals surface area contributed by atoms with Crippen LogP contribution in [0, 0.1) is 0 Å². The van der Waals surface area contributed by atoms with Gasteiger partial charge in [-0.2, -0.15) is 0 Å². The molecule has 1 aliphatic heterocycles. The van der Waals surface area contributed by atoms with Gasteiger partial charge in [-0.25, -0.2) is 0 Å². The summed E-state index contributed by atoms with van der Waals surface area (Å²) >= 11 is 6.33. The van der Waals surface area contributed by atoms with Gasteiger partial charge in [-0.05, 0) is 12.8 Å².